The fourth-order valence-electron chi connectivity index (χ4n) is 3.52. The van der Waals surface area contributed by atoms with E-state index in [2.05, 4.69) is 9.98 Å². The summed E-state index contributed by atoms with van der Waals surface area (Å²) >= 11 is 0.793. The highest BCUT2D eigenvalue weighted by Gasteiger charge is 2.42. The minimum absolute atomic E-state index is 0.00576. The van der Waals surface area contributed by atoms with Crippen molar-refractivity contribution < 1.29 is 33.6 Å². The number of hydrogen-bond donors (Lipinski definition) is 2. The van der Waals surface area contributed by atoms with Gasteiger partial charge in [0.05, 0.1) is 26.4 Å². The van der Waals surface area contributed by atoms with Crippen LogP contribution < -0.4 is 11.2 Å². The van der Waals surface area contributed by atoms with E-state index in [0.717, 1.165) is 11.8 Å². The number of aliphatic imine (C=N–C) groups is 1. The summed E-state index contributed by atoms with van der Waals surface area (Å²) < 4.78 is 22.6. The Morgan fingerprint density at radius 2 is 1.97 bits per heavy atom. The predicted molar refractivity (Wildman–Crippen MR) is 120 cm³/mol. The molecule has 3 rings (SSSR count). The van der Waals surface area contributed by atoms with Crippen molar-refractivity contribution in [2.75, 3.05) is 34.9 Å². The topological polar surface area (TPSA) is 162 Å². The van der Waals surface area contributed by atoms with Crippen molar-refractivity contribution >= 4 is 28.9 Å². The molecule has 1 aromatic rings. The van der Waals surface area contributed by atoms with Crippen molar-refractivity contribution in [3.05, 3.63) is 43.1 Å². The van der Waals surface area contributed by atoms with Crippen LogP contribution in [0.3, 0.4) is 0 Å². The largest absolute Gasteiger partial charge is 0.466 e. The third-order valence-electron chi connectivity index (χ3n) is 5.25. The van der Waals surface area contributed by atoms with Gasteiger partial charge in [-0.25, -0.2) is 19.4 Å². The molecule has 1 fully saturated rings. The molecule has 1 aromatic heterocycles. The van der Waals surface area contributed by atoms with E-state index >= 15 is 0 Å². The maximum Gasteiger partial charge on any atom is 0.345 e. The second-order valence-electron chi connectivity index (χ2n) is 7.74. The number of ether oxygens (including phenoxy) is 4. The number of nitrogens with one attached hydrogen (secondary N) is 1. The number of aryl methyl sites for hydroxylation is 1. The van der Waals surface area contributed by atoms with Gasteiger partial charge in [-0.2, -0.15) is 0 Å². The molecule has 0 unspecified atom stereocenters. The number of aromatic nitrogens is 2. The molecular weight excluding hydrogens is 472 g/mol. The lowest BCUT2D eigenvalue weighted by atomic mass is 10.1. The molecule has 2 aliphatic heterocycles. The van der Waals surface area contributed by atoms with Gasteiger partial charge in [-0.1, -0.05) is 0 Å². The first-order valence-corrected chi connectivity index (χ1v) is 11.0. The second kappa shape index (κ2) is 10.5. The molecule has 0 bridgehead atoms. The normalized spacial score (nSPS) is 24.7. The number of rotatable bonds is 6. The number of aliphatic hydroxyl groups excluding tert-OH is 1. The molecule has 3 heterocycles. The summed E-state index contributed by atoms with van der Waals surface area (Å²) in [6.07, 6.45) is -1.76. The van der Waals surface area contributed by atoms with E-state index in [4.69, 9.17) is 18.9 Å². The number of carbonyl (C=O) groups is 2. The Morgan fingerprint density at radius 1 is 1.29 bits per heavy atom. The molecule has 14 heteroatoms. The molecule has 34 heavy (non-hydrogen) atoms. The van der Waals surface area contributed by atoms with Gasteiger partial charge in [0.2, 0.25) is 0 Å². The number of aliphatic hydroxyl groups is 1. The summed E-state index contributed by atoms with van der Waals surface area (Å²) in [5.41, 5.74) is -0.839. The number of nitrogens with zero attached hydrogens (tertiary/aromatic N) is 3. The SMILES string of the molecule is COC(=O)C1=C(C(=O)OC)[C@H](N(C)C)N=C(O[C@H]2C[C@H](n3cc(C)c(=O)[nH]c3=O)O[C@@H]2CO)S1. The highest BCUT2D eigenvalue weighted by atomic mass is 32.2. The number of carbonyl (C=O) groups excluding carboxylic acids is 2. The number of hydrogen-bond acceptors (Lipinski definition) is 12. The number of thioether (sulfide) groups is 1. The first-order valence-electron chi connectivity index (χ1n) is 10.2. The van der Waals surface area contributed by atoms with E-state index in [-0.39, 0.29) is 22.1 Å². The molecule has 186 valence electrons. The maximum atomic E-state index is 12.4. The van der Waals surface area contributed by atoms with Gasteiger partial charge in [-0.15, -0.1) is 0 Å². The smallest absolute Gasteiger partial charge is 0.345 e. The highest BCUT2D eigenvalue weighted by molar-refractivity contribution is 8.17. The van der Waals surface area contributed by atoms with Gasteiger partial charge in [0.1, 0.15) is 29.5 Å². The summed E-state index contributed by atoms with van der Waals surface area (Å²) in [6.45, 7) is 1.13. The Morgan fingerprint density at radius 3 is 2.56 bits per heavy atom. The highest BCUT2D eigenvalue weighted by Crippen LogP contribution is 2.36. The molecule has 2 aliphatic rings. The lowest BCUT2D eigenvalue weighted by molar-refractivity contribution is -0.139. The van der Waals surface area contributed by atoms with Crippen LogP contribution >= 0.6 is 11.8 Å². The summed E-state index contributed by atoms with van der Waals surface area (Å²) in [7, 11) is 5.70. The monoisotopic (exact) mass is 498 g/mol. The maximum absolute atomic E-state index is 12.4. The summed E-state index contributed by atoms with van der Waals surface area (Å²) in [6, 6.07) is 0. The fraction of sp³-hybridized carbons (Fsp3) is 0.550. The van der Waals surface area contributed by atoms with E-state index in [1.807, 2.05) is 0 Å². The molecule has 0 amide bonds. The van der Waals surface area contributed by atoms with E-state index in [0.29, 0.717) is 5.56 Å². The van der Waals surface area contributed by atoms with Crippen LogP contribution in [0.1, 0.15) is 18.2 Å². The van der Waals surface area contributed by atoms with Crippen LogP contribution in [0.5, 0.6) is 0 Å². The predicted octanol–water partition coefficient (Wildman–Crippen LogP) is -0.899. The fourth-order valence-corrected chi connectivity index (χ4v) is 4.48. The molecular formula is C20H26N4O9S. The Bertz CT molecular complexity index is 1140. The first kappa shape index (κ1) is 25.7. The van der Waals surface area contributed by atoms with Gasteiger partial charge in [0.25, 0.3) is 10.8 Å². The minimum atomic E-state index is -0.895. The van der Waals surface area contributed by atoms with Gasteiger partial charge < -0.3 is 24.1 Å². The summed E-state index contributed by atoms with van der Waals surface area (Å²) in [5, 5.41) is 9.86. The molecule has 0 spiro atoms. The summed E-state index contributed by atoms with van der Waals surface area (Å²) in [5.74, 6) is -1.50. The number of H-pyrrole nitrogens is 1. The van der Waals surface area contributed by atoms with Crippen LogP contribution in [0.25, 0.3) is 0 Å². The molecule has 0 saturated carbocycles. The van der Waals surface area contributed by atoms with Gasteiger partial charge >= 0.3 is 17.6 Å². The molecule has 4 atom stereocenters. The average Bonchev–Trinajstić information content (AvgIpc) is 3.22. The second-order valence-corrected chi connectivity index (χ2v) is 8.70. The lowest BCUT2D eigenvalue weighted by Gasteiger charge is -2.29. The lowest BCUT2D eigenvalue weighted by Crippen LogP contribution is -2.38. The van der Waals surface area contributed by atoms with Crippen molar-refractivity contribution in [1.82, 2.24) is 14.5 Å². The van der Waals surface area contributed by atoms with Crippen LogP contribution in [0.15, 0.2) is 31.3 Å². The van der Waals surface area contributed by atoms with Crippen LogP contribution in [0.2, 0.25) is 0 Å². The number of esters is 2. The molecule has 0 aromatic carbocycles. The third kappa shape index (κ3) is 5.09. The zero-order chi connectivity index (χ0) is 25.2. The molecule has 0 radical (unpaired) electrons. The van der Waals surface area contributed by atoms with Crippen LogP contribution in [0, 0.1) is 6.92 Å². The molecule has 2 N–H and O–H groups in total. The van der Waals surface area contributed by atoms with E-state index in [9.17, 15) is 24.3 Å². The third-order valence-corrected chi connectivity index (χ3v) is 6.22. The zero-order valence-corrected chi connectivity index (χ0v) is 20.1. The van der Waals surface area contributed by atoms with Crippen LogP contribution in [0.4, 0.5) is 0 Å². The molecule has 1 saturated heterocycles. The Hall–Kier alpha value is -2.94. The summed E-state index contributed by atoms with van der Waals surface area (Å²) in [4.78, 5) is 57.0. The Kier molecular flexibility index (Phi) is 7.97. The van der Waals surface area contributed by atoms with Crippen LogP contribution in [-0.4, -0.2) is 90.0 Å². The number of methoxy groups -OCH3 is 2. The first-order chi connectivity index (χ1) is 16.1. The molecule has 0 aliphatic carbocycles. The van der Waals surface area contributed by atoms with Crippen molar-refractivity contribution in [3.63, 3.8) is 0 Å². The van der Waals surface area contributed by atoms with Gasteiger partial charge in [0.15, 0.2) is 0 Å². The van der Waals surface area contributed by atoms with Gasteiger partial charge in [0, 0.05) is 18.2 Å². The minimum Gasteiger partial charge on any atom is -0.466 e. The van der Waals surface area contributed by atoms with Crippen molar-refractivity contribution in [2.45, 2.75) is 37.9 Å². The zero-order valence-electron chi connectivity index (χ0n) is 19.3. The Balaban J connectivity index is 1.90. The average molecular weight is 499 g/mol. The van der Waals surface area contributed by atoms with E-state index in [1.54, 1.807) is 25.9 Å². The quantitative estimate of drug-likeness (QED) is 0.468. The van der Waals surface area contributed by atoms with E-state index < -0.39 is 54.4 Å². The van der Waals surface area contributed by atoms with Gasteiger partial charge in [-0.05, 0) is 32.8 Å². The Labute approximate surface area is 198 Å². The van der Waals surface area contributed by atoms with Crippen LogP contribution in [-0.2, 0) is 28.5 Å². The van der Waals surface area contributed by atoms with E-state index in [1.165, 1.54) is 25.0 Å². The number of aromatic amines is 1. The standard InChI is InChI=1S/C20H26N4O9S/c1-9-7-24(19(29)22-16(9)26)12-6-10(11(8-25)32-12)33-20-21-15(23(2)3)13(17(27)30-4)14(34-20)18(28)31-5/h7,10-12,15,25H,6,8H2,1-5H3,(H,22,26,29)/t10-,11+,12+,15-/m0/s1. The van der Waals surface area contributed by atoms with Crippen molar-refractivity contribution in [1.29, 1.82) is 0 Å². The van der Waals surface area contributed by atoms with Gasteiger partial charge in [-0.3, -0.25) is 19.2 Å². The van der Waals surface area contributed by atoms with Crippen molar-refractivity contribution in [2.24, 2.45) is 4.99 Å². The number of likely N-dealkylation sites (N-methyl/N-ethyl adjacent to an activating group) is 1. The molecule has 13 nitrogen and oxygen atoms in total. The van der Waals surface area contributed by atoms with Crippen molar-refractivity contribution in [3.8, 4) is 0 Å².